The van der Waals surface area contributed by atoms with Gasteiger partial charge in [0.15, 0.2) is 17.3 Å². The lowest BCUT2D eigenvalue weighted by Gasteiger charge is -2.44. The maximum atomic E-state index is 11.6. The van der Waals surface area contributed by atoms with Crippen LogP contribution >= 0.6 is 0 Å². The smallest absolute Gasteiger partial charge is 0.253 e. The predicted molar refractivity (Wildman–Crippen MR) is 138 cm³/mol. The normalized spacial score (nSPS) is 41.7. The molecule has 2 N–H and O–H groups in total. The van der Waals surface area contributed by atoms with E-state index in [4.69, 9.17) is 23.7 Å². The molecule has 4 saturated carbocycles. The van der Waals surface area contributed by atoms with E-state index in [1.54, 1.807) is 0 Å². The van der Waals surface area contributed by atoms with Gasteiger partial charge in [-0.25, -0.2) is 0 Å². The first kappa shape index (κ1) is 28.2. The SMILES string of the molecule is C=NC1C[C@@H](N=C)C2OC3(CCCCC3)OC3C2C13O[C@@H](O)/C(=C(/O)[C@H]1CCOC2(CCCCC2)O1)[N+](=C)[I-]. The van der Waals surface area contributed by atoms with E-state index < -0.39 is 29.6 Å². The van der Waals surface area contributed by atoms with E-state index in [1.807, 2.05) is 22.9 Å². The molecular formula is C28H41IN3O7. The molecule has 2 heterocycles. The van der Waals surface area contributed by atoms with E-state index in [0.717, 1.165) is 64.2 Å². The molecule has 5 unspecified atom stereocenters. The molecule has 6 fully saturated rings. The Balaban J connectivity index is 1.28. The molecule has 0 bridgehead atoms. The molecule has 2 spiro atoms. The lowest BCUT2D eigenvalue weighted by atomic mass is 9.85. The highest BCUT2D eigenvalue weighted by atomic mass is 127. The fourth-order valence-corrected chi connectivity index (χ4v) is 8.30. The predicted octanol–water partition coefficient (Wildman–Crippen LogP) is 0.0934. The molecule has 1 radical (unpaired) electrons. The molecule has 0 aromatic rings. The van der Waals surface area contributed by atoms with Crippen LogP contribution in [0, 0.1) is 5.92 Å². The Morgan fingerprint density at radius 1 is 0.974 bits per heavy atom. The van der Waals surface area contributed by atoms with Crippen molar-refractivity contribution in [3.05, 3.63) is 11.5 Å². The third kappa shape index (κ3) is 4.73. The van der Waals surface area contributed by atoms with Crippen molar-refractivity contribution in [2.75, 3.05) is 6.61 Å². The first-order valence-electron chi connectivity index (χ1n) is 14.4. The molecule has 11 heteroatoms. The van der Waals surface area contributed by atoms with E-state index >= 15 is 0 Å². The van der Waals surface area contributed by atoms with Crippen LogP contribution in [0.2, 0.25) is 0 Å². The van der Waals surface area contributed by atoms with Crippen molar-refractivity contribution in [2.24, 2.45) is 15.9 Å². The van der Waals surface area contributed by atoms with Crippen LogP contribution < -0.4 is 22.9 Å². The van der Waals surface area contributed by atoms with Crippen molar-refractivity contribution in [3.8, 4) is 0 Å². The van der Waals surface area contributed by atoms with Gasteiger partial charge in [0.1, 0.15) is 24.5 Å². The summed E-state index contributed by atoms with van der Waals surface area (Å²) in [6.07, 6.45) is 7.95. The van der Waals surface area contributed by atoms with Gasteiger partial charge in [0.2, 0.25) is 6.29 Å². The molecule has 6 rings (SSSR count). The molecule has 2 saturated heterocycles. The summed E-state index contributed by atoms with van der Waals surface area (Å²) in [5.74, 6) is -1.64. The van der Waals surface area contributed by atoms with Crippen molar-refractivity contribution in [1.29, 1.82) is 0 Å². The Labute approximate surface area is 244 Å². The molecule has 0 aromatic heterocycles. The highest BCUT2D eigenvalue weighted by Crippen LogP contribution is 2.65. The zero-order chi connectivity index (χ0) is 27.4. The summed E-state index contributed by atoms with van der Waals surface area (Å²) in [6.45, 7) is 12.1. The van der Waals surface area contributed by atoms with Gasteiger partial charge in [0, 0.05) is 32.1 Å². The highest BCUT2D eigenvalue weighted by Gasteiger charge is 2.81. The quantitative estimate of drug-likeness (QED) is 0.131. The van der Waals surface area contributed by atoms with Crippen molar-refractivity contribution < 1.29 is 59.6 Å². The number of aliphatic imine (C=N–C) groups is 2. The van der Waals surface area contributed by atoms with Crippen LogP contribution in [0.5, 0.6) is 0 Å². The molecule has 0 aromatic carbocycles. The van der Waals surface area contributed by atoms with Crippen molar-refractivity contribution >= 4 is 20.2 Å². The van der Waals surface area contributed by atoms with Crippen LogP contribution in [-0.4, -0.2) is 93.6 Å². The number of ether oxygens (including phenoxy) is 5. The molecule has 4 aliphatic carbocycles. The van der Waals surface area contributed by atoms with Gasteiger partial charge in [-0.2, -0.15) is 0 Å². The monoisotopic (exact) mass is 658 g/mol. The lowest BCUT2D eigenvalue weighted by molar-refractivity contribution is -1.04. The Kier molecular flexibility index (Phi) is 7.73. The van der Waals surface area contributed by atoms with Crippen LogP contribution in [-0.2, 0) is 23.7 Å². The average molecular weight is 659 g/mol. The van der Waals surface area contributed by atoms with Crippen molar-refractivity contribution in [2.45, 2.75) is 131 Å². The zero-order valence-corrected chi connectivity index (χ0v) is 24.7. The number of hydrogen-bond donors (Lipinski definition) is 2. The molecule has 217 valence electrons. The Morgan fingerprint density at radius 3 is 2.26 bits per heavy atom. The summed E-state index contributed by atoms with van der Waals surface area (Å²) in [7, 11) is 0. The van der Waals surface area contributed by atoms with Gasteiger partial charge in [-0.05, 0) is 45.5 Å². The van der Waals surface area contributed by atoms with Crippen molar-refractivity contribution in [1.82, 2.24) is 0 Å². The largest absolute Gasteiger partial charge is 0.504 e. The summed E-state index contributed by atoms with van der Waals surface area (Å²) < 4.78 is 33.7. The van der Waals surface area contributed by atoms with E-state index in [1.165, 1.54) is 2.79 Å². The molecular weight excluding hydrogens is 617 g/mol. The Morgan fingerprint density at radius 2 is 1.64 bits per heavy atom. The number of aliphatic hydroxyl groups is 2. The maximum Gasteiger partial charge on any atom is 0.253 e. The summed E-state index contributed by atoms with van der Waals surface area (Å²) in [6, 6.07) is -0.538. The van der Waals surface area contributed by atoms with Crippen LogP contribution in [0.4, 0.5) is 0 Å². The number of halogens is 1. The van der Waals surface area contributed by atoms with Gasteiger partial charge in [0.05, 0.1) is 30.7 Å². The molecule has 8 atom stereocenters. The Hall–Kier alpha value is -0.960. The third-order valence-corrected chi connectivity index (χ3v) is 10.3. The lowest BCUT2D eigenvalue weighted by Crippen LogP contribution is -3.39. The fourth-order valence-electron chi connectivity index (χ4n) is 7.81. The minimum atomic E-state index is -1.50. The first-order chi connectivity index (χ1) is 18.8. The molecule has 0 amide bonds. The second-order valence-corrected chi connectivity index (χ2v) is 13.1. The summed E-state index contributed by atoms with van der Waals surface area (Å²) in [5.41, 5.74) is -0.809. The fraction of sp³-hybridized carbons (Fsp3) is 0.821. The zero-order valence-electron chi connectivity index (χ0n) is 22.5. The number of fused-ring (bicyclic) bond motifs is 1. The Bertz CT molecular complexity index is 1020. The number of nitrogens with zero attached hydrogens (tertiary/aromatic N) is 3. The summed E-state index contributed by atoms with van der Waals surface area (Å²) >= 11 is 1.94. The standard InChI is InChI=1S/C28H41IN3O7/c1-30-17-16-19(31-2)28(20-23(17)37-27(38-24(20)28)13-8-5-9-14-27)39-25(34)21(32(3)29)22(33)18-10-15-35-26(36-18)11-6-4-7-12-26/h17-20,23-25,33-34H,1-16H2/b22-21-/t17-,18-,19?,20?,23?,24?,25-,28?/m1/s1. The van der Waals surface area contributed by atoms with E-state index in [2.05, 4.69) is 30.1 Å². The van der Waals surface area contributed by atoms with Crippen LogP contribution in [0.3, 0.4) is 0 Å². The van der Waals surface area contributed by atoms with Crippen molar-refractivity contribution in [3.63, 3.8) is 0 Å². The minimum Gasteiger partial charge on any atom is -0.504 e. The first-order valence-corrected chi connectivity index (χ1v) is 15.4. The van der Waals surface area contributed by atoms with Gasteiger partial charge in [-0.1, -0.05) is 12.8 Å². The maximum absolute atomic E-state index is 11.6. The average Bonchev–Trinajstić information content (AvgIpc) is 3.56. The van der Waals surface area contributed by atoms with Gasteiger partial charge < -0.3 is 59.6 Å². The van der Waals surface area contributed by atoms with E-state index in [-0.39, 0.29) is 41.7 Å². The molecule has 39 heavy (non-hydrogen) atoms. The third-order valence-electron chi connectivity index (χ3n) is 9.76. The second kappa shape index (κ2) is 10.7. The molecule has 6 aliphatic rings. The number of aliphatic hydroxyl groups excluding tert-OH is 2. The number of rotatable bonds is 7. The van der Waals surface area contributed by atoms with Gasteiger partial charge in [-0.15, -0.1) is 0 Å². The highest BCUT2D eigenvalue weighted by molar-refractivity contribution is 5.37. The van der Waals surface area contributed by atoms with Crippen LogP contribution in [0.25, 0.3) is 0 Å². The second-order valence-electron chi connectivity index (χ2n) is 12.0. The van der Waals surface area contributed by atoms with Crippen LogP contribution in [0.1, 0.15) is 77.0 Å². The van der Waals surface area contributed by atoms with E-state index in [0.29, 0.717) is 19.4 Å². The topological polar surface area (TPSA) is 114 Å². The molecule has 10 nitrogen and oxygen atoms in total. The van der Waals surface area contributed by atoms with Gasteiger partial charge in [0.25, 0.3) is 5.70 Å². The van der Waals surface area contributed by atoms with Crippen LogP contribution in [0.15, 0.2) is 21.4 Å². The van der Waals surface area contributed by atoms with E-state index in [9.17, 15) is 10.2 Å². The summed E-state index contributed by atoms with van der Waals surface area (Å²) in [5, 5.41) is 23.0. The minimum absolute atomic E-state index is 0.0952. The summed E-state index contributed by atoms with van der Waals surface area (Å²) in [4.78, 5) is 8.82. The molecule has 2 aliphatic heterocycles. The van der Waals surface area contributed by atoms with Gasteiger partial charge in [-0.3, -0.25) is 9.98 Å². The van der Waals surface area contributed by atoms with Gasteiger partial charge >= 0.3 is 0 Å². The number of hydrogen-bond acceptors (Lipinski definition) is 9.